The molecule has 0 heterocycles. The van der Waals surface area contributed by atoms with Crippen LogP contribution in [-0.2, 0) is 6.42 Å². The molecule has 0 radical (unpaired) electrons. The molecule has 2 aromatic rings. The van der Waals surface area contributed by atoms with Gasteiger partial charge in [0.05, 0.1) is 0 Å². The lowest BCUT2D eigenvalue weighted by Gasteiger charge is -2.21. The summed E-state index contributed by atoms with van der Waals surface area (Å²) in [5, 5.41) is 13.5. The monoisotopic (exact) mass is 287 g/mol. The summed E-state index contributed by atoms with van der Waals surface area (Å²) in [5.74, 6) is 0.112. The summed E-state index contributed by atoms with van der Waals surface area (Å²) in [6.07, 6.45) is 0.817. The molecule has 0 aliphatic carbocycles. The molecule has 2 unspecified atom stereocenters. The maximum atomic E-state index is 12.9. The van der Waals surface area contributed by atoms with Crippen LogP contribution in [0.25, 0.3) is 0 Å². The van der Waals surface area contributed by atoms with Crippen LogP contribution in [0.1, 0.15) is 36.6 Å². The maximum Gasteiger partial charge on any atom is 0.123 e. The molecular weight excluding hydrogens is 265 g/mol. The molecule has 0 aromatic heterocycles. The fraction of sp³-hybridized carbons (Fsp3) is 0.333. The lowest BCUT2D eigenvalue weighted by Crippen LogP contribution is -2.30. The third-order valence-electron chi connectivity index (χ3n) is 3.64. The van der Waals surface area contributed by atoms with Gasteiger partial charge >= 0.3 is 0 Å². The minimum atomic E-state index is -0.211. The van der Waals surface area contributed by atoms with E-state index >= 15 is 0 Å². The van der Waals surface area contributed by atoms with E-state index in [0.717, 1.165) is 23.1 Å². The molecule has 0 aliphatic rings. The highest BCUT2D eigenvalue weighted by Gasteiger charge is 2.13. The molecule has 0 spiro atoms. The average Bonchev–Trinajstić information content (AvgIpc) is 2.41. The first-order chi connectivity index (χ1) is 9.95. The van der Waals surface area contributed by atoms with E-state index in [1.54, 1.807) is 6.07 Å². The van der Waals surface area contributed by atoms with Crippen molar-refractivity contribution >= 4 is 0 Å². The van der Waals surface area contributed by atoms with Gasteiger partial charge in [0.25, 0.3) is 0 Å². The summed E-state index contributed by atoms with van der Waals surface area (Å²) in [4.78, 5) is 0. The van der Waals surface area contributed by atoms with E-state index in [-0.39, 0.29) is 17.9 Å². The zero-order chi connectivity index (χ0) is 15.4. The third-order valence-corrected chi connectivity index (χ3v) is 3.64. The standard InChI is InChI=1S/C18H22FNO/c1-12-4-9-17(18(21)10-12)14(3)20-13(2)11-15-5-7-16(19)8-6-15/h4-10,13-14,20-21H,11H2,1-3H3. The highest BCUT2D eigenvalue weighted by atomic mass is 19.1. The van der Waals surface area contributed by atoms with Crippen molar-refractivity contribution in [1.29, 1.82) is 0 Å². The number of rotatable bonds is 5. The van der Waals surface area contributed by atoms with Crippen LogP contribution < -0.4 is 5.32 Å². The first-order valence-corrected chi connectivity index (χ1v) is 7.25. The maximum absolute atomic E-state index is 12.9. The van der Waals surface area contributed by atoms with Crippen LogP contribution in [0, 0.1) is 12.7 Å². The quantitative estimate of drug-likeness (QED) is 0.867. The summed E-state index contributed by atoms with van der Waals surface area (Å²) < 4.78 is 12.9. The van der Waals surface area contributed by atoms with Gasteiger partial charge in [-0.05, 0) is 56.5 Å². The Bertz CT molecular complexity index is 595. The minimum absolute atomic E-state index is 0.0565. The van der Waals surface area contributed by atoms with Crippen molar-refractivity contribution in [3.63, 3.8) is 0 Å². The van der Waals surface area contributed by atoms with Crippen LogP contribution in [0.3, 0.4) is 0 Å². The van der Waals surface area contributed by atoms with Crippen molar-refractivity contribution in [2.45, 2.75) is 39.3 Å². The molecule has 0 fully saturated rings. The second-order valence-electron chi connectivity index (χ2n) is 5.68. The van der Waals surface area contributed by atoms with Crippen molar-refractivity contribution in [2.75, 3.05) is 0 Å². The summed E-state index contributed by atoms with van der Waals surface area (Å²) in [5.41, 5.74) is 3.03. The fourth-order valence-corrected chi connectivity index (χ4v) is 2.57. The third kappa shape index (κ3) is 4.30. The molecule has 2 aromatic carbocycles. The Balaban J connectivity index is 1.98. The van der Waals surface area contributed by atoms with Crippen LogP contribution in [-0.4, -0.2) is 11.1 Å². The fourth-order valence-electron chi connectivity index (χ4n) is 2.57. The summed E-state index contributed by atoms with van der Waals surface area (Å²) in [6.45, 7) is 6.08. The number of phenolic OH excluding ortho intramolecular Hbond substituents is 1. The molecule has 0 saturated carbocycles. The Hall–Kier alpha value is -1.87. The zero-order valence-electron chi connectivity index (χ0n) is 12.7. The van der Waals surface area contributed by atoms with Gasteiger partial charge in [-0.3, -0.25) is 0 Å². The highest BCUT2D eigenvalue weighted by molar-refractivity contribution is 5.37. The summed E-state index contributed by atoms with van der Waals surface area (Å²) in [6, 6.07) is 12.6. The number of aryl methyl sites for hydroxylation is 1. The molecule has 2 atom stereocenters. The molecule has 2 rings (SSSR count). The minimum Gasteiger partial charge on any atom is -0.508 e. The topological polar surface area (TPSA) is 32.3 Å². The lowest BCUT2D eigenvalue weighted by molar-refractivity contribution is 0.433. The molecule has 112 valence electrons. The van der Waals surface area contributed by atoms with E-state index in [0.29, 0.717) is 5.75 Å². The van der Waals surface area contributed by atoms with Gasteiger partial charge in [0.1, 0.15) is 11.6 Å². The molecule has 0 amide bonds. The molecule has 0 saturated heterocycles. The van der Waals surface area contributed by atoms with Crippen molar-refractivity contribution in [3.8, 4) is 5.75 Å². The Kier molecular flexibility index (Phi) is 4.97. The number of hydrogen-bond acceptors (Lipinski definition) is 2. The van der Waals surface area contributed by atoms with Crippen LogP contribution in [0.2, 0.25) is 0 Å². The Morgan fingerprint density at radius 2 is 1.76 bits per heavy atom. The summed E-state index contributed by atoms with van der Waals surface area (Å²) >= 11 is 0. The van der Waals surface area contributed by atoms with Crippen molar-refractivity contribution in [3.05, 3.63) is 65.0 Å². The van der Waals surface area contributed by atoms with Crippen molar-refractivity contribution in [2.24, 2.45) is 0 Å². The smallest absolute Gasteiger partial charge is 0.123 e. The predicted molar refractivity (Wildman–Crippen MR) is 84.0 cm³/mol. The van der Waals surface area contributed by atoms with Gasteiger partial charge in [0.15, 0.2) is 0 Å². The molecule has 0 aliphatic heterocycles. The number of aromatic hydroxyl groups is 1. The Morgan fingerprint density at radius 1 is 1.10 bits per heavy atom. The van der Waals surface area contributed by atoms with Crippen LogP contribution in [0.15, 0.2) is 42.5 Å². The van der Waals surface area contributed by atoms with E-state index in [4.69, 9.17) is 0 Å². The lowest BCUT2D eigenvalue weighted by atomic mass is 10.0. The molecular formula is C18H22FNO. The van der Waals surface area contributed by atoms with E-state index in [2.05, 4.69) is 12.2 Å². The number of hydrogen-bond donors (Lipinski definition) is 2. The van der Waals surface area contributed by atoms with Gasteiger partial charge in [0.2, 0.25) is 0 Å². The first kappa shape index (κ1) is 15.5. The van der Waals surface area contributed by atoms with E-state index in [9.17, 15) is 9.50 Å². The van der Waals surface area contributed by atoms with Crippen molar-refractivity contribution < 1.29 is 9.50 Å². The average molecular weight is 287 g/mol. The number of phenols is 1. The van der Waals surface area contributed by atoms with Crippen LogP contribution >= 0.6 is 0 Å². The molecule has 21 heavy (non-hydrogen) atoms. The molecule has 3 heteroatoms. The predicted octanol–water partition coefficient (Wildman–Crippen LogP) is 4.12. The Morgan fingerprint density at radius 3 is 2.38 bits per heavy atom. The Labute approximate surface area is 125 Å². The molecule has 0 bridgehead atoms. The zero-order valence-corrected chi connectivity index (χ0v) is 12.7. The van der Waals surface area contributed by atoms with Crippen LogP contribution in [0.4, 0.5) is 4.39 Å². The van der Waals surface area contributed by atoms with Gasteiger partial charge in [0, 0.05) is 17.6 Å². The number of halogens is 1. The molecule has 2 N–H and O–H groups in total. The van der Waals surface area contributed by atoms with Crippen LogP contribution in [0.5, 0.6) is 5.75 Å². The van der Waals surface area contributed by atoms with Gasteiger partial charge < -0.3 is 10.4 Å². The van der Waals surface area contributed by atoms with E-state index in [1.165, 1.54) is 12.1 Å². The normalized spacial score (nSPS) is 13.9. The largest absolute Gasteiger partial charge is 0.508 e. The highest BCUT2D eigenvalue weighted by Crippen LogP contribution is 2.25. The van der Waals surface area contributed by atoms with Gasteiger partial charge in [-0.15, -0.1) is 0 Å². The van der Waals surface area contributed by atoms with E-state index < -0.39 is 0 Å². The van der Waals surface area contributed by atoms with Crippen molar-refractivity contribution in [1.82, 2.24) is 5.32 Å². The molecule has 2 nitrogen and oxygen atoms in total. The van der Waals surface area contributed by atoms with E-state index in [1.807, 2.05) is 38.1 Å². The summed E-state index contributed by atoms with van der Waals surface area (Å²) in [7, 11) is 0. The van der Waals surface area contributed by atoms with Gasteiger partial charge in [-0.2, -0.15) is 0 Å². The second kappa shape index (κ2) is 6.72. The second-order valence-corrected chi connectivity index (χ2v) is 5.68. The number of benzene rings is 2. The van der Waals surface area contributed by atoms with Gasteiger partial charge in [-0.1, -0.05) is 24.3 Å². The number of nitrogens with one attached hydrogen (secondary N) is 1. The van der Waals surface area contributed by atoms with Gasteiger partial charge in [-0.25, -0.2) is 4.39 Å². The SMILES string of the molecule is Cc1ccc(C(C)NC(C)Cc2ccc(F)cc2)c(O)c1. The first-order valence-electron chi connectivity index (χ1n) is 7.25.